The van der Waals surface area contributed by atoms with Crippen LogP contribution < -0.4 is 20.4 Å². The number of aryl methyl sites for hydroxylation is 2. The van der Waals surface area contributed by atoms with Gasteiger partial charge in [-0.1, -0.05) is 32.0 Å². The topological polar surface area (TPSA) is 81.8 Å². The normalized spacial score (nSPS) is 12.8. The largest absolute Gasteiger partial charge is 0.378 e. The maximum Gasteiger partial charge on any atom is 0.313 e. The van der Waals surface area contributed by atoms with E-state index in [1.165, 1.54) is 5.56 Å². The number of nitrogens with zero attached hydrogens (tertiary/aromatic N) is 2. The zero-order valence-corrected chi connectivity index (χ0v) is 20.0. The molecular formula is C26H34N4O3. The lowest BCUT2D eigenvalue weighted by molar-refractivity contribution is -0.136. The lowest BCUT2D eigenvalue weighted by Crippen LogP contribution is -2.38. The Morgan fingerprint density at radius 2 is 1.76 bits per heavy atom. The summed E-state index contributed by atoms with van der Waals surface area (Å²) in [5.41, 5.74) is 4.74. The molecule has 0 saturated carbocycles. The molecule has 1 aliphatic heterocycles. The first-order chi connectivity index (χ1) is 15.8. The van der Waals surface area contributed by atoms with Crippen LogP contribution in [0.15, 0.2) is 42.5 Å². The molecule has 0 spiro atoms. The van der Waals surface area contributed by atoms with Crippen molar-refractivity contribution >= 4 is 34.8 Å². The summed E-state index contributed by atoms with van der Waals surface area (Å²) in [6.45, 7) is 4.85. The molecule has 0 saturated heterocycles. The van der Waals surface area contributed by atoms with Crippen LogP contribution in [0.2, 0.25) is 0 Å². The molecule has 7 heteroatoms. The van der Waals surface area contributed by atoms with E-state index in [0.717, 1.165) is 42.6 Å². The average Bonchev–Trinajstić information content (AvgIpc) is 2.81. The van der Waals surface area contributed by atoms with Crippen LogP contribution in [-0.4, -0.2) is 44.9 Å². The Labute approximate surface area is 196 Å². The zero-order valence-electron chi connectivity index (χ0n) is 20.0. The summed E-state index contributed by atoms with van der Waals surface area (Å²) in [5, 5.41) is 5.35. The molecule has 1 heterocycles. The third-order valence-corrected chi connectivity index (χ3v) is 5.81. The standard InChI is InChI=1S/C26H34N4O3/c1-18(2)26(33)30-16-6-8-20-11-12-21(17-23(20)30)28-25(32)24(31)27-15-5-7-19-9-13-22(14-10-19)29(3)4/h9-14,17-18H,5-8,15-16H2,1-4H3,(H,27,31)(H,28,32). The van der Waals surface area contributed by atoms with Crippen LogP contribution in [0.4, 0.5) is 17.1 Å². The van der Waals surface area contributed by atoms with Gasteiger partial charge in [-0.15, -0.1) is 0 Å². The molecule has 0 radical (unpaired) electrons. The molecule has 2 aromatic rings. The molecule has 0 fully saturated rings. The number of hydrogen-bond acceptors (Lipinski definition) is 4. The van der Waals surface area contributed by atoms with E-state index in [2.05, 4.69) is 34.9 Å². The number of carbonyl (C=O) groups excluding carboxylic acids is 3. The van der Waals surface area contributed by atoms with Gasteiger partial charge in [0.15, 0.2) is 0 Å². The molecule has 0 bridgehead atoms. The number of hydrogen-bond donors (Lipinski definition) is 2. The Hall–Kier alpha value is -3.35. The Bertz CT molecular complexity index is 999. The molecule has 7 nitrogen and oxygen atoms in total. The quantitative estimate of drug-likeness (QED) is 0.501. The number of carbonyl (C=O) groups is 3. The van der Waals surface area contributed by atoms with Crippen LogP contribution in [0.3, 0.4) is 0 Å². The van der Waals surface area contributed by atoms with E-state index >= 15 is 0 Å². The Kier molecular flexibility index (Phi) is 8.09. The summed E-state index contributed by atoms with van der Waals surface area (Å²) >= 11 is 0. The van der Waals surface area contributed by atoms with Gasteiger partial charge in [0.25, 0.3) is 0 Å². The lowest BCUT2D eigenvalue weighted by Gasteiger charge is -2.31. The molecule has 0 aliphatic carbocycles. The fourth-order valence-electron chi connectivity index (χ4n) is 3.92. The van der Waals surface area contributed by atoms with Crippen LogP contribution in [-0.2, 0) is 27.2 Å². The molecule has 176 valence electrons. The molecule has 33 heavy (non-hydrogen) atoms. The first-order valence-corrected chi connectivity index (χ1v) is 11.6. The maximum atomic E-state index is 12.6. The maximum absolute atomic E-state index is 12.6. The number of benzene rings is 2. The molecule has 2 N–H and O–H groups in total. The predicted octanol–water partition coefficient (Wildman–Crippen LogP) is 3.38. The Balaban J connectivity index is 1.51. The average molecular weight is 451 g/mol. The van der Waals surface area contributed by atoms with Crippen LogP contribution in [0.25, 0.3) is 0 Å². The number of rotatable bonds is 7. The molecule has 0 aromatic heterocycles. The molecule has 3 amide bonds. The third-order valence-electron chi connectivity index (χ3n) is 5.81. The zero-order chi connectivity index (χ0) is 24.0. The van der Waals surface area contributed by atoms with E-state index in [1.54, 1.807) is 17.0 Å². The van der Waals surface area contributed by atoms with E-state index in [0.29, 0.717) is 18.8 Å². The number of anilines is 3. The van der Waals surface area contributed by atoms with Gasteiger partial charge in [-0.3, -0.25) is 14.4 Å². The molecule has 3 rings (SSSR count). The van der Waals surface area contributed by atoms with Crippen LogP contribution in [0.1, 0.15) is 37.8 Å². The summed E-state index contributed by atoms with van der Waals surface area (Å²) in [6, 6.07) is 13.8. The van der Waals surface area contributed by atoms with Crippen molar-refractivity contribution < 1.29 is 14.4 Å². The van der Waals surface area contributed by atoms with E-state index in [4.69, 9.17) is 0 Å². The van der Waals surface area contributed by atoms with Gasteiger partial charge in [-0.25, -0.2) is 0 Å². The SMILES string of the molecule is CC(C)C(=O)N1CCCc2ccc(NC(=O)C(=O)NCCCc3ccc(N(C)C)cc3)cc21. The number of fused-ring (bicyclic) bond motifs is 1. The van der Waals surface area contributed by atoms with Crippen molar-refractivity contribution in [1.29, 1.82) is 0 Å². The minimum atomic E-state index is -0.706. The highest BCUT2D eigenvalue weighted by Crippen LogP contribution is 2.31. The van der Waals surface area contributed by atoms with Crippen LogP contribution in [0.5, 0.6) is 0 Å². The monoisotopic (exact) mass is 450 g/mol. The smallest absolute Gasteiger partial charge is 0.313 e. The van der Waals surface area contributed by atoms with Crippen LogP contribution >= 0.6 is 0 Å². The number of nitrogens with one attached hydrogen (secondary N) is 2. The van der Waals surface area contributed by atoms with Crippen molar-refractivity contribution in [3.63, 3.8) is 0 Å². The minimum absolute atomic E-state index is 0.0634. The highest BCUT2D eigenvalue weighted by Gasteiger charge is 2.25. The minimum Gasteiger partial charge on any atom is -0.378 e. The third kappa shape index (κ3) is 6.34. The first kappa shape index (κ1) is 24.3. The molecule has 0 atom stereocenters. The summed E-state index contributed by atoms with van der Waals surface area (Å²) in [4.78, 5) is 41.0. The van der Waals surface area contributed by atoms with Gasteiger partial charge in [-0.05, 0) is 61.1 Å². The van der Waals surface area contributed by atoms with Gasteiger partial charge < -0.3 is 20.4 Å². The fourth-order valence-corrected chi connectivity index (χ4v) is 3.92. The lowest BCUT2D eigenvalue weighted by atomic mass is 9.99. The van der Waals surface area contributed by atoms with Crippen molar-refractivity contribution in [3.05, 3.63) is 53.6 Å². The highest BCUT2D eigenvalue weighted by atomic mass is 16.2. The Morgan fingerprint density at radius 3 is 2.42 bits per heavy atom. The van der Waals surface area contributed by atoms with Gasteiger partial charge in [0.05, 0.1) is 0 Å². The predicted molar refractivity (Wildman–Crippen MR) is 133 cm³/mol. The van der Waals surface area contributed by atoms with Gasteiger partial charge in [0.1, 0.15) is 0 Å². The van der Waals surface area contributed by atoms with Crippen molar-refractivity contribution in [2.75, 3.05) is 42.3 Å². The van der Waals surface area contributed by atoms with E-state index in [1.807, 2.05) is 38.9 Å². The van der Waals surface area contributed by atoms with Crippen LogP contribution in [0, 0.1) is 5.92 Å². The Morgan fingerprint density at radius 1 is 1.03 bits per heavy atom. The number of amides is 3. The van der Waals surface area contributed by atoms with Gasteiger partial charge in [0.2, 0.25) is 5.91 Å². The highest BCUT2D eigenvalue weighted by molar-refractivity contribution is 6.39. The molecule has 1 aliphatic rings. The van der Waals surface area contributed by atoms with E-state index in [-0.39, 0.29) is 11.8 Å². The molecule has 2 aromatic carbocycles. The summed E-state index contributed by atoms with van der Waals surface area (Å²) in [7, 11) is 4.00. The summed E-state index contributed by atoms with van der Waals surface area (Å²) in [6.07, 6.45) is 3.37. The van der Waals surface area contributed by atoms with Gasteiger partial charge >= 0.3 is 11.8 Å². The second-order valence-electron chi connectivity index (χ2n) is 8.97. The van der Waals surface area contributed by atoms with Crippen molar-refractivity contribution in [2.24, 2.45) is 5.92 Å². The second kappa shape index (κ2) is 11.0. The van der Waals surface area contributed by atoms with Gasteiger partial charge in [-0.2, -0.15) is 0 Å². The summed E-state index contributed by atoms with van der Waals surface area (Å²) < 4.78 is 0. The van der Waals surface area contributed by atoms with E-state index in [9.17, 15) is 14.4 Å². The molecular weight excluding hydrogens is 416 g/mol. The molecule has 0 unspecified atom stereocenters. The van der Waals surface area contributed by atoms with Crippen molar-refractivity contribution in [3.8, 4) is 0 Å². The van der Waals surface area contributed by atoms with Crippen molar-refractivity contribution in [2.45, 2.75) is 39.5 Å². The summed E-state index contributed by atoms with van der Waals surface area (Å²) in [5.74, 6) is -1.41. The van der Waals surface area contributed by atoms with E-state index < -0.39 is 11.8 Å². The van der Waals surface area contributed by atoms with Gasteiger partial charge in [0, 0.05) is 50.2 Å². The second-order valence-corrected chi connectivity index (χ2v) is 8.97. The first-order valence-electron chi connectivity index (χ1n) is 11.6. The fraction of sp³-hybridized carbons (Fsp3) is 0.423. The van der Waals surface area contributed by atoms with Crippen molar-refractivity contribution in [1.82, 2.24) is 5.32 Å².